The Kier molecular flexibility index (Phi) is 6.33. The van der Waals surface area contributed by atoms with Gasteiger partial charge in [-0.1, -0.05) is 6.07 Å². The number of amides is 1. The SMILES string of the molecule is CCOC(=O)c1[nH]c(C)c(C(=O)OCC(=O)Nc2ccc(C)c(F)c2)c1C. The fraction of sp³-hybridized carbons (Fsp3) is 0.316. The molecule has 2 N–H and O–H groups in total. The second kappa shape index (κ2) is 8.48. The highest BCUT2D eigenvalue weighted by Crippen LogP contribution is 2.20. The standard InChI is InChI=1S/C19H21FN2O5/c1-5-26-19(25)17-11(3)16(12(4)21-17)18(24)27-9-15(23)22-13-7-6-10(2)14(20)8-13/h6-8,21H,5,9H2,1-4H3,(H,22,23). The summed E-state index contributed by atoms with van der Waals surface area (Å²) < 4.78 is 23.4. The molecular weight excluding hydrogens is 355 g/mol. The molecule has 0 radical (unpaired) electrons. The first-order chi connectivity index (χ1) is 12.7. The molecule has 0 aliphatic rings. The number of carbonyl (C=O) groups is 3. The van der Waals surface area contributed by atoms with Gasteiger partial charge in [-0.25, -0.2) is 14.0 Å². The van der Waals surface area contributed by atoms with E-state index >= 15 is 0 Å². The van der Waals surface area contributed by atoms with Crippen LogP contribution in [0.4, 0.5) is 10.1 Å². The largest absolute Gasteiger partial charge is 0.461 e. The zero-order chi connectivity index (χ0) is 20.1. The molecule has 144 valence electrons. The summed E-state index contributed by atoms with van der Waals surface area (Å²) in [4.78, 5) is 38.9. The van der Waals surface area contributed by atoms with Crippen LogP contribution in [0.2, 0.25) is 0 Å². The van der Waals surface area contributed by atoms with Gasteiger partial charge in [-0.05, 0) is 51.0 Å². The van der Waals surface area contributed by atoms with Crippen LogP contribution in [0.5, 0.6) is 0 Å². The number of nitrogens with one attached hydrogen (secondary N) is 2. The first kappa shape index (κ1) is 20.2. The van der Waals surface area contributed by atoms with Crippen molar-refractivity contribution in [1.29, 1.82) is 0 Å². The van der Waals surface area contributed by atoms with Crippen molar-refractivity contribution in [3.05, 3.63) is 52.1 Å². The maximum atomic E-state index is 13.5. The molecule has 0 spiro atoms. The number of benzene rings is 1. The highest BCUT2D eigenvalue weighted by molar-refractivity contribution is 6.00. The predicted octanol–water partition coefficient (Wildman–Crippen LogP) is 3.05. The van der Waals surface area contributed by atoms with E-state index in [4.69, 9.17) is 9.47 Å². The van der Waals surface area contributed by atoms with Crippen LogP contribution < -0.4 is 5.32 Å². The summed E-state index contributed by atoms with van der Waals surface area (Å²) in [5.41, 5.74) is 1.87. The van der Waals surface area contributed by atoms with E-state index < -0.39 is 30.3 Å². The maximum Gasteiger partial charge on any atom is 0.355 e. The summed E-state index contributed by atoms with van der Waals surface area (Å²) in [6.45, 7) is 6.14. The number of aromatic nitrogens is 1. The van der Waals surface area contributed by atoms with Gasteiger partial charge in [0.25, 0.3) is 5.91 Å². The normalized spacial score (nSPS) is 10.4. The molecule has 2 aromatic rings. The van der Waals surface area contributed by atoms with Crippen LogP contribution in [0.1, 0.15) is 44.6 Å². The minimum Gasteiger partial charge on any atom is -0.461 e. The molecule has 1 aromatic carbocycles. The number of hydrogen-bond acceptors (Lipinski definition) is 5. The lowest BCUT2D eigenvalue weighted by atomic mass is 10.1. The molecule has 0 saturated heterocycles. The van der Waals surface area contributed by atoms with Gasteiger partial charge in [0.1, 0.15) is 11.5 Å². The quantitative estimate of drug-likeness (QED) is 0.755. The third-order valence-electron chi connectivity index (χ3n) is 3.91. The second-order valence-electron chi connectivity index (χ2n) is 5.93. The molecule has 0 aliphatic carbocycles. The highest BCUT2D eigenvalue weighted by Gasteiger charge is 2.24. The van der Waals surface area contributed by atoms with E-state index in [0.717, 1.165) is 0 Å². The number of aryl methyl sites for hydroxylation is 2. The van der Waals surface area contributed by atoms with Crippen LogP contribution in [0.15, 0.2) is 18.2 Å². The Hall–Kier alpha value is -3.16. The Morgan fingerprint density at radius 3 is 2.44 bits per heavy atom. The van der Waals surface area contributed by atoms with Gasteiger partial charge in [0, 0.05) is 11.4 Å². The Balaban J connectivity index is 2.02. The maximum absolute atomic E-state index is 13.5. The number of ether oxygens (including phenoxy) is 2. The van der Waals surface area contributed by atoms with E-state index in [1.54, 1.807) is 33.8 Å². The Bertz CT molecular complexity index is 888. The van der Waals surface area contributed by atoms with E-state index in [-0.39, 0.29) is 23.6 Å². The van der Waals surface area contributed by atoms with Crippen molar-refractivity contribution >= 4 is 23.5 Å². The fourth-order valence-electron chi connectivity index (χ4n) is 2.53. The molecule has 8 heteroatoms. The molecule has 0 bridgehead atoms. The molecule has 0 saturated carbocycles. The monoisotopic (exact) mass is 376 g/mol. The second-order valence-corrected chi connectivity index (χ2v) is 5.93. The summed E-state index contributed by atoms with van der Waals surface area (Å²) in [5, 5.41) is 2.45. The molecule has 7 nitrogen and oxygen atoms in total. The molecule has 0 unspecified atom stereocenters. The lowest BCUT2D eigenvalue weighted by Crippen LogP contribution is -2.21. The summed E-state index contributed by atoms with van der Waals surface area (Å²) in [6, 6.07) is 4.26. The Morgan fingerprint density at radius 1 is 1.11 bits per heavy atom. The number of carbonyl (C=O) groups excluding carboxylic acids is 3. The average Bonchev–Trinajstić information content (AvgIpc) is 2.91. The van der Waals surface area contributed by atoms with Crippen LogP contribution in [0, 0.1) is 26.6 Å². The number of anilines is 1. The van der Waals surface area contributed by atoms with Crippen molar-refractivity contribution in [1.82, 2.24) is 4.98 Å². The molecular formula is C19H21FN2O5. The molecule has 1 heterocycles. The van der Waals surface area contributed by atoms with Gasteiger partial charge in [0.2, 0.25) is 0 Å². The lowest BCUT2D eigenvalue weighted by molar-refractivity contribution is -0.119. The van der Waals surface area contributed by atoms with Crippen LogP contribution in [-0.4, -0.2) is 36.0 Å². The van der Waals surface area contributed by atoms with Gasteiger partial charge in [-0.15, -0.1) is 0 Å². The zero-order valence-corrected chi connectivity index (χ0v) is 15.6. The smallest absolute Gasteiger partial charge is 0.355 e. The lowest BCUT2D eigenvalue weighted by Gasteiger charge is -2.08. The molecule has 2 rings (SSSR count). The van der Waals surface area contributed by atoms with Crippen molar-refractivity contribution < 1.29 is 28.2 Å². The van der Waals surface area contributed by atoms with Gasteiger partial charge in [-0.3, -0.25) is 4.79 Å². The van der Waals surface area contributed by atoms with Gasteiger partial charge in [-0.2, -0.15) is 0 Å². The topological polar surface area (TPSA) is 97.5 Å². The molecule has 0 aliphatic heterocycles. The van der Waals surface area contributed by atoms with Crippen LogP contribution >= 0.6 is 0 Å². The number of halogens is 1. The molecule has 0 atom stereocenters. The summed E-state index contributed by atoms with van der Waals surface area (Å²) >= 11 is 0. The minimum absolute atomic E-state index is 0.167. The first-order valence-electron chi connectivity index (χ1n) is 8.34. The number of hydrogen-bond donors (Lipinski definition) is 2. The molecule has 1 aromatic heterocycles. The fourth-order valence-corrected chi connectivity index (χ4v) is 2.53. The van der Waals surface area contributed by atoms with Gasteiger partial charge in [0.15, 0.2) is 6.61 Å². The van der Waals surface area contributed by atoms with Gasteiger partial charge >= 0.3 is 11.9 Å². The zero-order valence-electron chi connectivity index (χ0n) is 15.6. The van der Waals surface area contributed by atoms with Crippen molar-refractivity contribution in [2.45, 2.75) is 27.7 Å². The average molecular weight is 376 g/mol. The highest BCUT2D eigenvalue weighted by atomic mass is 19.1. The summed E-state index contributed by atoms with van der Waals surface area (Å²) in [5.74, 6) is -2.38. The van der Waals surface area contributed by atoms with E-state index in [1.165, 1.54) is 12.1 Å². The third-order valence-corrected chi connectivity index (χ3v) is 3.91. The van der Waals surface area contributed by atoms with Gasteiger partial charge in [0.05, 0.1) is 12.2 Å². The van der Waals surface area contributed by atoms with Crippen molar-refractivity contribution in [3.63, 3.8) is 0 Å². The van der Waals surface area contributed by atoms with E-state index in [1.807, 2.05) is 0 Å². The molecule has 27 heavy (non-hydrogen) atoms. The molecule has 0 fully saturated rings. The first-order valence-corrected chi connectivity index (χ1v) is 8.34. The third kappa shape index (κ3) is 4.72. The summed E-state index contributed by atoms with van der Waals surface area (Å²) in [6.07, 6.45) is 0. The van der Waals surface area contributed by atoms with Crippen molar-refractivity contribution in [3.8, 4) is 0 Å². The number of aromatic amines is 1. The predicted molar refractivity (Wildman–Crippen MR) is 96.3 cm³/mol. The van der Waals surface area contributed by atoms with Crippen molar-refractivity contribution in [2.24, 2.45) is 0 Å². The van der Waals surface area contributed by atoms with Crippen LogP contribution in [0.25, 0.3) is 0 Å². The number of esters is 2. The van der Waals surface area contributed by atoms with E-state index in [0.29, 0.717) is 16.8 Å². The van der Waals surface area contributed by atoms with Crippen LogP contribution in [0.3, 0.4) is 0 Å². The minimum atomic E-state index is -0.748. The Morgan fingerprint density at radius 2 is 1.81 bits per heavy atom. The van der Waals surface area contributed by atoms with Crippen LogP contribution in [-0.2, 0) is 14.3 Å². The van der Waals surface area contributed by atoms with E-state index in [2.05, 4.69) is 10.3 Å². The number of H-pyrrole nitrogens is 1. The Labute approximate surface area is 155 Å². The van der Waals surface area contributed by atoms with Gasteiger partial charge < -0.3 is 19.8 Å². The number of rotatable bonds is 6. The summed E-state index contributed by atoms with van der Waals surface area (Å²) in [7, 11) is 0. The van der Waals surface area contributed by atoms with Crippen molar-refractivity contribution in [2.75, 3.05) is 18.5 Å². The van der Waals surface area contributed by atoms with E-state index in [9.17, 15) is 18.8 Å². The molecule has 1 amide bonds.